The molecule has 0 aromatic carbocycles. The van der Waals surface area contributed by atoms with Gasteiger partial charge in [0.2, 0.25) is 0 Å². The standard InChI is InChI=1S/C14H10O4/c15-13(16)10-5-3-7-11-9(8-10)4-1-2-6-12(11)14(17)18/h1-8H,(H,15,16)(H,17,18). The molecule has 0 aliphatic heterocycles. The number of fused-ring (bicyclic) bond motifs is 1. The minimum atomic E-state index is -1.05. The second-order valence-corrected chi connectivity index (χ2v) is 3.74. The van der Waals surface area contributed by atoms with Crippen LogP contribution in [0, 0.1) is 0 Å². The summed E-state index contributed by atoms with van der Waals surface area (Å²) in [7, 11) is 0. The molecule has 4 nitrogen and oxygen atoms in total. The topological polar surface area (TPSA) is 74.6 Å². The number of carbonyl (C=O) groups is 2. The minimum absolute atomic E-state index is 0.118. The van der Waals surface area contributed by atoms with Crippen LogP contribution >= 0.6 is 0 Å². The van der Waals surface area contributed by atoms with Crippen molar-refractivity contribution in [2.24, 2.45) is 0 Å². The predicted molar refractivity (Wildman–Crippen MR) is 65.9 cm³/mol. The summed E-state index contributed by atoms with van der Waals surface area (Å²) in [5.74, 6) is -2.09. The smallest absolute Gasteiger partial charge is 0.336 e. The summed E-state index contributed by atoms with van der Waals surface area (Å²) in [6, 6.07) is 0. The molecule has 2 aliphatic carbocycles. The van der Waals surface area contributed by atoms with Gasteiger partial charge in [0.25, 0.3) is 0 Å². The highest BCUT2D eigenvalue weighted by molar-refractivity contribution is 5.96. The minimum Gasteiger partial charge on any atom is -0.478 e. The van der Waals surface area contributed by atoms with Crippen LogP contribution in [0.4, 0.5) is 0 Å². The number of rotatable bonds is 2. The van der Waals surface area contributed by atoms with Gasteiger partial charge in [0.05, 0.1) is 11.1 Å². The second kappa shape index (κ2) is 4.71. The molecule has 0 spiro atoms. The Morgan fingerprint density at radius 3 is 2.28 bits per heavy atom. The maximum atomic E-state index is 11.2. The van der Waals surface area contributed by atoms with E-state index in [1.54, 1.807) is 24.3 Å². The monoisotopic (exact) mass is 242 g/mol. The van der Waals surface area contributed by atoms with Crippen molar-refractivity contribution in [2.75, 3.05) is 0 Å². The van der Waals surface area contributed by atoms with Crippen LogP contribution in [0.15, 0.2) is 70.9 Å². The summed E-state index contributed by atoms with van der Waals surface area (Å²) in [6.07, 6.45) is 12.5. The van der Waals surface area contributed by atoms with Gasteiger partial charge in [-0.25, -0.2) is 9.59 Å². The van der Waals surface area contributed by atoms with E-state index in [1.807, 2.05) is 0 Å². The molecule has 0 amide bonds. The average Bonchev–Trinajstić information content (AvgIpc) is 2.60. The maximum Gasteiger partial charge on any atom is 0.336 e. The van der Waals surface area contributed by atoms with E-state index in [9.17, 15) is 9.59 Å². The van der Waals surface area contributed by atoms with Gasteiger partial charge in [0.1, 0.15) is 0 Å². The molecule has 0 aromatic rings. The molecule has 0 heterocycles. The Kier molecular flexibility index (Phi) is 3.10. The van der Waals surface area contributed by atoms with E-state index in [2.05, 4.69) is 0 Å². The fourth-order valence-electron chi connectivity index (χ4n) is 1.74. The SMILES string of the molecule is O=C(O)C1=CC2=CC=CC=C(C(=O)O)C2=CC=C1. The quantitative estimate of drug-likeness (QED) is 0.776. The van der Waals surface area contributed by atoms with Crippen LogP contribution in [-0.2, 0) is 9.59 Å². The molecule has 0 saturated carbocycles. The van der Waals surface area contributed by atoms with Crippen molar-refractivity contribution in [1.29, 1.82) is 0 Å². The summed E-state index contributed by atoms with van der Waals surface area (Å²) < 4.78 is 0. The lowest BCUT2D eigenvalue weighted by Crippen LogP contribution is -2.05. The van der Waals surface area contributed by atoms with Crippen molar-refractivity contribution < 1.29 is 19.8 Å². The number of carboxylic acids is 2. The van der Waals surface area contributed by atoms with E-state index >= 15 is 0 Å². The fourth-order valence-corrected chi connectivity index (χ4v) is 1.74. The molecule has 0 radical (unpaired) electrons. The third-order valence-corrected chi connectivity index (χ3v) is 2.58. The molecule has 0 atom stereocenters. The number of allylic oxidation sites excluding steroid dienone is 8. The summed E-state index contributed by atoms with van der Waals surface area (Å²) in [5, 5.41) is 18.1. The number of aliphatic carboxylic acids is 2. The Balaban J connectivity index is 2.55. The van der Waals surface area contributed by atoms with E-state index in [1.165, 1.54) is 24.3 Å². The van der Waals surface area contributed by atoms with E-state index in [0.717, 1.165) is 0 Å². The molecule has 18 heavy (non-hydrogen) atoms. The van der Waals surface area contributed by atoms with Gasteiger partial charge in [-0.1, -0.05) is 30.4 Å². The molecule has 4 heteroatoms. The van der Waals surface area contributed by atoms with E-state index in [-0.39, 0.29) is 11.1 Å². The normalized spacial score (nSPS) is 17.6. The van der Waals surface area contributed by atoms with Gasteiger partial charge in [0, 0.05) is 0 Å². The van der Waals surface area contributed by atoms with Crippen molar-refractivity contribution in [1.82, 2.24) is 0 Å². The molecule has 2 rings (SSSR count). The van der Waals surface area contributed by atoms with Crippen LogP contribution in [0.3, 0.4) is 0 Å². The van der Waals surface area contributed by atoms with Crippen LogP contribution in [0.25, 0.3) is 0 Å². The lowest BCUT2D eigenvalue weighted by Gasteiger charge is -2.07. The number of carboxylic acid groups (broad SMARTS) is 2. The van der Waals surface area contributed by atoms with Gasteiger partial charge in [-0.15, -0.1) is 0 Å². The maximum absolute atomic E-state index is 11.2. The predicted octanol–water partition coefficient (Wildman–Crippen LogP) is 2.00. The highest BCUT2D eigenvalue weighted by atomic mass is 16.4. The van der Waals surface area contributed by atoms with Gasteiger partial charge in [-0.05, 0) is 29.4 Å². The molecule has 0 saturated heterocycles. The largest absolute Gasteiger partial charge is 0.478 e. The summed E-state index contributed by atoms with van der Waals surface area (Å²) in [4.78, 5) is 22.1. The molecule has 2 aliphatic rings. The Morgan fingerprint density at radius 1 is 0.889 bits per heavy atom. The van der Waals surface area contributed by atoms with Crippen molar-refractivity contribution in [3.05, 3.63) is 70.9 Å². The summed E-state index contributed by atoms with van der Waals surface area (Å²) in [6.45, 7) is 0. The molecule has 0 aromatic heterocycles. The lowest BCUT2D eigenvalue weighted by molar-refractivity contribution is -0.133. The first-order valence-corrected chi connectivity index (χ1v) is 5.25. The highest BCUT2D eigenvalue weighted by Crippen LogP contribution is 2.27. The number of hydrogen-bond donors (Lipinski definition) is 2. The van der Waals surface area contributed by atoms with Gasteiger partial charge in [-0.3, -0.25) is 0 Å². The molecule has 90 valence electrons. The van der Waals surface area contributed by atoms with E-state index in [4.69, 9.17) is 10.2 Å². The summed E-state index contributed by atoms with van der Waals surface area (Å²) in [5.41, 5.74) is 1.33. The van der Waals surface area contributed by atoms with Crippen molar-refractivity contribution in [3.8, 4) is 0 Å². The molecule has 0 fully saturated rings. The van der Waals surface area contributed by atoms with Crippen LogP contribution in [0.2, 0.25) is 0 Å². The molecule has 0 unspecified atom stereocenters. The zero-order valence-electron chi connectivity index (χ0n) is 9.33. The van der Waals surface area contributed by atoms with E-state index < -0.39 is 11.9 Å². The molecule has 2 N–H and O–H groups in total. The van der Waals surface area contributed by atoms with Crippen molar-refractivity contribution >= 4 is 11.9 Å². The van der Waals surface area contributed by atoms with Gasteiger partial charge >= 0.3 is 11.9 Å². The number of hydrogen-bond acceptors (Lipinski definition) is 2. The van der Waals surface area contributed by atoms with Crippen molar-refractivity contribution in [3.63, 3.8) is 0 Å². The fraction of sp³-hybridized carbons (Fsp3) is 0. The lowest BCUT2D eigenvalue weighted by atomic mass is 9.97. The van der Waals surface area contributed by atoms with Crippen LogP contribution in [0.5, 0.6) is 0 Å². The Hall–Kier alpha value is -2.62. The molecule has 0 bridgehead atoms. The average molecular weight is 242 g/mol. The summed E-state index contributed by atoms with van der Waals surface area (Å²) >= 11 is 0. The first-order chi connectivity index (χ1) is 8.59. The van der Waals surface area contributed by atoms with E-state index in [0.29, 0.717) is 11.1 Å². The first-order valence-electron chi connectivity index (χ1n) is 5.25. The first kappa shape index (κ1) is 11.9. The Labute approximate surface area is 103 Å². The van der Waals surface area contributed by atoms with Gasteiger partial charge in [0.15, 0.2) is 0 Å². The van der Waals surface area contributed by atoms with Crippen LogP contribution < -0.4 is 0 Å². The Morgan fingerprint density at radius 2 is 1.61 bits per heavy atom. The molecular formula is C14H10O4. The molecular weight excluding hydrogens is 232 g/mol. The highest BCUT2D eigenvalue weighted by Gasteiger charge is 2.18. The third-order valence-electron chi connectivity index (χ3n) is 2.58. The van der Waals surface area contributed by atoms with Gasteiger partial charge < -0.3 is 10.2 Å². The third kappa shape index (κ3) is 2.22. The second-order valence-electron chi connectivity index (χ2n) is 3.74. The van der Waals surface area contributed by atoms with Gasteiger partial charge in [-0.2, -0.15) is 0 Å². The van der Waals surface area contributed by atoms with Crippen LogP contribution in [-0.4, -0.2) is 22.2 Å². The van der Waals surface area contributed by atoms with Crippen LogP contribution in [0.1, 0.15) is 0 Å². The zero-order valence-corrected chi connectivity index (χ0v) is 9.33. The Bertz CT molecular complexity index is 595. The zero-order chi connectivity index (χ0) is 13.1. The van der Waals surface area contributed by atoms with Crippen molar-refractivity contribution in [2.45, 2.75) is 0 Å².